The van der Waals surface area contributed by atoms with Gasteiger partial charge in [-0.3, -0.25) is 9.88 Å². The highest BCUT2D eigenvalue weighted by Crippen LogP contribution is 2.33. The second-order valence-electron chi connectivity index (χ2n) is 9.82. The molecule has 1 aliphatic heterocycles. The van der Waals surface area contributed by atoms with Gasteiger partial charge in [-0.15, -0.1) is 0 Å². The maximum atomic E-state index is 10.3. The molecular weight excluding hydrogens is 484 g/mol. The topological polar surface area (TPSA) is 79.7 Å². The van der Waals surface area contributed by atoms with Crippen molar-refractivity contribution in [3.05, 3.63) is 66.4 Å². The summed E-state index contributed by atoms with van der Waals surface area (Å²) in [7, 11) is 0. The van der Waals surface area contributed by atoms with E-state index in [1.807, 2.05) is 30.3 Å². The molecule has 37 heavy (non-hydrogen) atoms. The molecule has 2 fully saturated rings. The predicted octanol–water partition coefficient (Wildman–Crippen LogP) is 5.70. The van der Waals surface area contributed by atoms with Crippen molar-refractivity contribution in [3.63, 3.8) is 0 Å². The predicted molar refractivity (Wildman–Crippen MR) is 147 cm³/mol. The largest absolute Gasteiger partial charge is 0.457 e. The Morgan fingerprint density at radius 2 is 1.81 bits per heavy atom. The van der Waals surface area contributed by atoms with Crippen molar-refractivity contribution in [1.29, 1.82) is 0 Å². The van der Waals surface area contributed by atoms with Gasteiger partial charge in [0.1, 0.15) is 11.5 Å². The molecule has 0 unspecified atom stereocenters. The molecule has 1 saturated heterocycles. The van der Waals surface area contributed by atoms with Crippen molar-refractivity contribution in [2.75, 3.05) is 31.6 Å². The van der Waals surface area contributed by atoms with Crippen LogP contribution in [0.5, 0.6) is 11.5 Å². The minimum absolute atomic E-state index is 0.0775. The van der Waals surface area contributed by atoms with Gasteiger partial charge in [0, 0.05) is 43.5 Å². The number of anilines is 1. The van der Waals surface area contributed by atoms with Crippen LogP contribution in [0.4, 0.5) is 5.13 Å². The molecule has 0 bridgehead atoms. The minimum Gasteiger partial charge on any atom is -0.457 e. The number of nitrogens with one attached hydrogen (secondary N) is 1. The number of ether oxygens (including phenoxy) is 2. The maximum Gasteiger partial charge on any atom is 0.184 e. The molecule has 1 aliphatic carbocycles. The van der Waals surface area contributed by atoms with E-state index in [2.05, 4.69) is 39.5 Å². The summed E-state index contributed by atoms with van der Waals surface area (Å²) in [6.45, 7) is 4.54. The number of thiazole rings is 1. The third-order valence-electron chi connectivity index (χ3n) is 7.12. The SMILES string of the molecule is O[C@@H]1CCCC[C@H]1Nc1nc2ccc(Oc3ccnc(-c4ccc(CN5CCOCC5)cc4)c3)cc2s1. The second kappa shape index (κ2) is 11.1. The summed E-state index contributed by atoms with van der Waals surface area (Å²) in [5.74, 6) is 1.51. The van der Waals surface area contributed by atoms with Gasteiger partial charge in [0.25, 0.3) is 0 Å². The number of benzene rings is 2. The molecular formula is C29H32N4O3S. The van der Waals surface area contributed by atoms with Crippen molar-refractivity contribution in [2.24, 2.45) is 0 Å². The Labute approximate surface area is 221 Å². The first-order chi connectivity index (χ1) is 18.2. The third kappa shape index (κ3) is 5.93. The standard InChI is InChI=1S/C29H32N4O3S/c34-27-4-2-1-3-24(27)31-29-32-25-10-9-22(18-28(25)37-29)36-23-11-12-30-26(17-23)21-7-5-20(6-8-21)19-33-13-15-35-16-14-33/h5-12,17-18,24,27,34H,1-4,13-16,19H2,(H,31,32)/t24-,27-/m1/s1. The second-order valence-corrected chi connectivity index (χ2v) is 10.8. The number of rotatable bonds is 7. The Kier molecular flexibility index (Phi) is 7.32. The maximum absolute atomic E-state index is 10.3. The van der Waals surface area contributed by atoms with Gasteiger partial charge < -0.3 is 19.9 Å². The lowest BCUT2D eigenvalue weighted by Gasteiger charge is -2.27. The lowest BCUT2D eigenvalue weighted by atomic mass is 9.93. The molecule has 0 amide bonds. The van der Waals surface area contributed by atoms with E-state index in [0.717, 1.165) is 96.6 Å². The molecule has 0 radical (unpaired) electrons. The Morgan fingerprint density at radius 3 is 2.65 bits per heavy atom. The monoisotopic (exact) mass is 516 g/mol. The fourth-order valence-electron chi connectivity index (χ4n) is 5.04. The first kappa shape index (κ1) is 24.3. The average molecular weight is 517 g/mol. The molecule has 2 aliphatic rings. The summed E-state index contributed by atoms with van der Waals surface area (Å²) in [5.41, 5.74) is 4.17. The highest BCUT2D eigenvalue weighted by molar-refractivity contribution is 7.22. The summed E-state index contributed by atoms with van der Waals surface area (Å²) in [5, 5.41) is 14.6. The van der Waals surface area contributed by atoms with Crippen LogP contribution in [0.15, 0.2) is 60.8 Å². The Bertz CT molecular complexity index is 1340. The smallest absolute Gasteiger partial charge is 0.184 e. The third-order valence-corrected chi connectivity index (χ3v) is 8.07. The van der Waals surface area contributed by atoms with E-state index >= 15 is 0 Å². The molecule has 8 heteroatoms. The van der Waals surface area contributed by atoms with Gasteiger partial charge in [0.2, 0.25) is 0 Å². The summed E-state index contributed by atoms with van der Waals surface area (Å²) in [4.78, 5) is 11.7. The van der Waals surface area contributed by atoms with E-state index in [1.54, 1.807) is 17.5 Å². The number of fused-ring (bicyclic) bond motifs is 1. The van der Waals surface area contributed by atoms with Crippen molar-refractivity contribution >= 4 is 26.7 Å². The van der Waals surface area contributed by atoms with E-state index in [4.69, 9.17) is 14.5 Å². The molecule has 0 spiro atoms. The van der Waals surface area contributed by atoms with E-state index in [9.17, 15) is 5.11 Å². The van der Waals surface area contributed by atoms with E-state index in [1.165, 1.54) is 5.56 Å². The zero-order valence-corrected chi connectivity index (χ0v) is 21.6. The number of morpholine rings is 1. The van der Waals surface area contributed by atoms with Crippen LogP contribution in [0.25, 0.3) is 21.5 Å². The lowest BCUT2D eigenvalue weighted by molar-refractivity contribution is 0.0342. The summed E-state index contributed by atoms with van der Waals surface area (Å²) < 4.78 is 12.7. The van der Waals surface area contributed by atoms with Gasteiger partial charge >= 0.3 is 0 Å². The summed E-state index contributed by atoms with van der Waals surface area (Å²) in [6, 6.07) is 18.5. The van der Waals surface area contributed by atoms with Crippen molar-refractivity contribution in [2.45, 2.75) is 44.4 Å². The number of hydrogen-bond donors (Lipinski definition) is 2. The minimum atomic E-state index is -0.304. The van der Waals surface area contributed by atoms with Crippen molar-refractivity contribution in [3.8, 4) is 22.8 Å². The molecule has 6 rings (SSSR count). The number of aliphatic hydroxyl groups excluding tert-OH is 1. The zero-order chi connectivity index (χ0) is 25.0. The van der Waals surface area contributed by atoms with Crippen LogP contribution >= 0.6 is 11.3 Å². The molecule has 2 aromatic carbocycles. The molecule has 2 atom stereocenters. The quantitative estimate of drug-likeness (QED) is 0.326. The number of aromatic nitrogens is 2. The highest BCUT2D eigenvalue weighted by atomic mass is 32.1. The Hall–Kier alpha value is -3.04. The van der Waals surface area contributed by atoms with Gasteiger partial charge in [-0.2, -0.15) is 0 Å². The fourth-order valence-corrected chi connectivity index (χ4v) is 5.99. The van der Waals surface area contributed by atoms with E-state index < -0.39 is 0 Å². The van der Waals surface area contributed by atoms with Crippen LogP contribution in [0.3, 0.4) is 0 Å². The van der Waals surface area contributed by atoms with Gasteiger partial charge in [-0.05, 0) is 36.6 Å². The summed E-state index contributed by atoms with van der Waals surface area (Å²) in [6.07, 6.45) is 5.55. The van der Waals surface area contributed by atoms with Crippen LogP contribution in [-0.4, -0.2) is 58.4 Å². The van der Waals surface area contributed by atoms with Gasteiger partial charge in [-0.25, -0.2) is 4.98 Å². The summed E-state index contributed by atoms with van der Waals surface area (Å²) >= 11 is 1.60. The Morgan fingerprint density at radius 1 is 1.00 bits per heavy atom. The molecule has 192 valence electrons. The molecule has 1 saturated carbocycles. The van der Waals surface area contributed by atoms with E-state index in [-0.39, 0.29) is 12.1 Å². The van der Waals surface area contributed by atoms with Crippen LogP contribution in [0.1, 0.15) is 31.2 Å². The number of aliphatic hydroxyl groups is 1. The van der Waals surface area contributed by atoms with Gasteiger partial charge in [-0.1, -0.05) is 48.4 Å². The van der Waals surface area contributed by atoms with Gasteiger partial charge in [0.15, 0.2) is 5.13 Å². The molecule has 7 nitrogen and oxygen atoms in total. The first-order valence-electron chi connectivity index (χ1n) is 13.1. The van der Waals surface area contributed by atoms with Crippen LogP contribution in [0.2, 0.25) is 0 Å². The highest BCUT2D eigenvalue weighted by Gasteiger charge is 2.23. The number of pyridine rings is 1. The molecule has 4 aromatic rings. The van der Waals surface area contributed by atoms with Gasteiger partial charge in [0.05, 0.1) is 41.3 Å². The lowest BCUT2D eigenvalue weighted by Crippen LogP contribution is -2.36. The van der Waals surface area contributed by atoms with Crippen molar-refractivity contribution < 1.29 is 14.6 Å². The molecule has 2 N–H and O–H groups in total. The zero-order valence-electron chi connectivity index (χ0n) is 20.8. The van der Waals surface area contributed by atoms with Crippen LogP contribution in [0, 0.1) is 0 Å². The Balaban J connectivity index is 1.13. The molecule has 3 heterocycles. The normalized spacial score (nSPS) is 20.7. The van der Waals surface area contributed by atoms with Crippen LogP contribution < -0.4 is 10.1 Å². The number of hydrogen-bond acceptors (Lipinski definition) is 8. The van der Waals surface area contributed by atoms with Crippen molar-refractivity contribution in [1.82, 2.24) is 14.9 Å². The van der Waals surface area contributed by atoms with E-state index in [0.29, 0.717) is 0 Å². The average Bonchev–Trinajstić information content (AvgIpc) is 3.33. The molecule has 2 aromatic heterocycles. The fraction of sp³-hybridized carbons (Fsp3) is 0.379. The van der Waals surface area contributed by atoms with Crippen LogP contribution in [-0.2, 0) is 11.3 Å². The number of nitrogens with zero attached hydrogens (tertiary/aromatic N) is 3. The first-order valence-corrected chi connectivity index (χ1v) is 13.9.